The molecular weight excluding hydrogens is 290 g/mol. The summed E-state index contributed by atoms with van der Waals surface area (Å²) in [5.41, 5.74) is 1.85. The summed E-state index contributed by atoms with van der Waals surface area (Å²) in [6.07, 6.45) is 14.4. The molecule has 3 aromatic rings. The Balaban J connectivity index is 1.80. The summed E-state index contributed by atoms with van der Waals surface area (Å²) in [4.78, 5) is 15.6. The second-order valence-electron chi connectivity index (χ2n) is 5.95. The maximum absolute atomic E-state index is 9.83. The smallest absolute Gasteiger partial charge is 0.180 e. The molecule has 0 atom stereocenters. The first kappa shape index (κ1) is 14.1. The molecule has 0 radical (unpaired) electrons. The highest BCUT2D eigenvalue weighted by Crippen LogP contribution is 2.34. The van der Waals surface area contributed by atoms with Crippen molar-refractivity contribution < 1.29 is 5.11 Å². The molecule has 23 heavy (non-hydrogen) atoms. The van der Waals surface area contributed by atoms with E-state index in [1.165, 1.54) is 0 Å². The fraction of sp³-hybridized carbons (Fsp3) is 0.353. The minimum absolute atomic E-state index is 0.183. The second kappa shape index (κ2) is 5.96. The average molecular weight is 309 g/mol. The van der Waals surface area contributed by atoms with Gasteiger partial charge in [0.1, 0.15) is 0 Å². The van der Waals surface area contributed by atoms with E-state index in [9.17, 15) is 5.11 Å². The minimum Gasteiger partial charge on any atom is -0.393 e. The van der Waals surface area contributed by atoms with E-state index in [4.69, 9.17) is 0 Å². The Bertz CT molecular complexity index is 780. The first-order valence-electron chi connectivity index (χ1n) is 7.98. The summed E-state index contributed by atoms with van der Waals surface area (Å²) in [5, 5.41) is 9.83. The summed E-state index contributed by atoms with van der Waals surface area (Å²) in [6.45, 7) is 0. The number of rotatable bonds is 3. The lowest BCUT2D eigenvalue weighted by atomic mass is 9.91. The van der Waals surface area contributed by atoms with Crippen LogP contribution in [0.4, 0.5) is 11.5 Å². The number of hydrogen-bond donors (Lipinski definition) is 1. The zero-order valence-corrected chi connectivity index (χ0v) is 12.8. The largest absolute Gasteiger partial charge is 0.393 e. The van der Waals surface area contributed by atoms with Crippen LogP contribution in [0.25, 0.3) is 5.65 Å². The Morgan fingerprint density at radius 2 is 1.83 bits per heavy atom. The van der Waals surface area contributed by atoms with Gasteiger partial charge < -0.3 is 14.4 Å². The number of aromatic nitrogens is 4. The Hall–Kier alpha value is -2.47. The Morgan fingerprint density at radius 3 is 2.57 bits per heavy atom. The number of imidazole rings is 1. The van der Waals surface area contributed by atoms with Crippen LogP contribution in [0.15, 0.2) is 49.3 Å². The molecule has 6 nitrogen and oxygen atoms in total. The van der Waals surface area contributed by atoms with E-state index in [1.807, 2.05) is 35.1 Å². The van der Waals surface area contributed by atoms with Crippen LogP contribution in [0.3, 0.4) is 0 Å². The number of aliphatic hydroxyl groups excluding tert-OH is 1. The molecule has 1 aliphatic rings. The van der Waals surface area contributed by atoms with E-state index in [2.05, 4.69) is 19.9 Å². The zero-order valence-electron chi connectivity index (χ0n) is 12.8. The predicted octanol–water partition coefficient (Wildman–Crippen LogP) is 2.57. The summed E-state index contributed by atoms with van der Waals surface area (Å²) in [7, 11) is 0. The van der Waals surface area contributed by atoms with Crippen molar-refractivity contribution in [3.05, 3.63) is 49.3 Å². The van der Waals surface area contributed by atoms with Gasteiger partial charge in [-0.15, -0.1) is 0 Å². The molecule has 0 amide bonds. The molecular formula is C17H19N5O. The molecule has 3 aromatic heterocycles. The lowest BCUT2D eigenvalue weighted by Crippen LogP contribution is -2.36. The van der Waals surface area contributed by atoms with Crippen LogP contribution in [0, 0.1) is 0 Å². The van der Waals surface area contributed by atoms with Crippen molar-refractivity contribution in [3.8, 4) is 0 Å². The van der Waals surface area contributed by atoms with Crippen LogP contribution in [0.1, 0.15) is 25.7 Å². The quantitative estimate of drug-likeness (QED) is 0.805. The maximum Gasteiger partial charge on any atom is 0.180 e. The molecule has 0 saturated heterocycles. The van der Waals surface area contributed by atoms with Gasteiger partial charge in [0.25, 0.3) is 0 Å². The van der Waals surface area contributed by atoms with E-state index < -0.39 is 0 Å². The first-order chi connectivity index (χ1) is 11.3. The van der Waals surface area contributed by atoms with E-state index >= 15 is 0 Å². The molecule has 6 heteroatoms. The van der Waals surface area contributed by atoms with Crippen LogP contribution < -0.4 is 4.90 Å². The number of aliphatic hydroxyl groups is 1. The Labute approximate surface area is 134 Å². The van der Waals surface area contributed by atoms with Crippen molar-refractivity contribution in [2.75, 3.05) is 4.90 Å². The number of fused-ring (bicyclic) bond motifs is 1. The zero-order chi connectivity index (χ0) is 15.6. The molecule has 118 valence electrons. The van der Waals surface area contributed by atoms with Gasteiger partial charge in [0.05, 0.1) is 18.0 Å². The lowest BCUT2D eigenvalue weighted by molar-refractivity contribution is 0.123. The fourth-order valence-corrected chi connectivity index (χ4v) is 3.33. The second-order valence-corrected chi connectivity index (χ2v) is 5.95. The highest BCUT2D eigenvalue weighted by molar-refractivity contribution is 5.72. The third-order valence-electron chi connectivity index (χ3n) is 4.48. The van der Waals surface area contributed by atoms with Crippen LogP contribution in [0.2, 0.25) is 0 Å². The van der Waals surface area contributed by atoms with Crippen LogP contribution in [0.5, 0.6) is 0 Å². The molecule has 0 bridgehead atoms. The molecule has 0 aromatic carbocycles. The normalized spacial score (nSPS) is 21.4. The van der Waals surface area contributed by atoms with Crippen molar-refractivity contribution in [2.45, 2.75) is 37.8 Å². The molecule has 1 N–H and O–H groups in total. The van der Waals surface area contributed by atoms with Crippen molar-refractivity contribution in [1.82, 2.24) is 19.4 Å². The van der Waals surface area contributed by atoms with Gasteiger partial charge >= 0.3 is 0 Å². The first-order valence-corrected chi connectivity index (χ1v) is 7.98. The van der Waals surface area contributed by atoms with E-state index in [1.54, 1.807) is 18.6 Å². The SMILES string of the molecule is OC1CCC(N(c2cccnc2)c2nccn3ccnc23)CC1. The minimum atomic E-state index is -0.183. The summed E-state index contributed by atoms with van der Waals surface area (Å²) >= 11 is 0. The third kappa shape index (κ3) is 2.66. The molecule has 0 aliphatic heterocycles. The monoisotopic (exact) mass is 309 g/mol. The van der Waals surface area contributed by atoms with E-state index in [0.717, 1.165) is 42.8 Å². The van der Waals surface area contributed by atoms with Crippen molar-refractivity contribution in [1.29, 1.82) is 0 Å². The standard InChI is InChI=1S/C17H19N5O/c23-15-5-3-13(4-6-15)22(14-2-1-7-18-12-14)17-16-19-8-10-21(16)11-9-20-17/h1-2,7-13,15,23H,3-6H2. The van der Waals surface area contributed by atoms with Gasteiger partial charge in [-0.1, -0.05) is 0 Å². The summed E-state index contributed by atoms with van der Waals surface area (Å²) < 4.78 is 1.98. The van der Waals surface area contributed by atoms with Gasteiger partial charge in [-0.2, -0.15) is 0 Å². The van der Waals surface area contributed by atoms with Gasteiger partial charge in [0.2, 0.25) is 0 Å². The molecule has 4 rings (SSSR count). The summed E-state index contributed by atoms with van der Waals surface area (Å²) in [6, 6.07) is 4.27. The number of pyridine rings is 1. The highest BCUT2D eigenvalue weighted by atomic mass is 16.3. The van der Waals surface area contributed by atoms with Gasteiger partial charge in [-0.05, 0) is 37.8 Å². The molecule has 1 aliphatic carbocycles. The van der Waals surface area contributed by atoms with Gasteiger partial charge in [0, 0.05) is 37.0 Å². The van der Waals surface area contributed by atoms with Crippen LogP contribution in [-0.2, 0) is 0 Å². The van der Waals surface area contributed by atoms with Crippen molar-refractivity contribution >= 4 is 17.2 Å². The van der Waals surface area contributed by atoms with E-state index in [-0.39, 0.29) is 12.1 Å². The number of anilines is 2. The van der Waals surface area contributed by atoms with Gasteiger partial charge in [-0.3, -0.25) is 4.98 Å². The highest BCUT2D eigenvalue weighted by Gasteiger charge is 2.28. The molecule has 0 spiro atoms. The Kier molecular flexibility index (Phi) is 3.67. The lowest BCUT2D eigenvalue weighted by Gasteiger charge is -2.36. The maximum atomic E-state index is 9.83. The van der Waals surface area contributed by atoms with Crippen molar-refractivity contribution in [3.63, 3.8) is 0 Å². The topological polar surface area (TPSA) is 66.5 Å². The van der Waals surface area contributed by atoms with Crippen LogP contribution >= 0.6 is 0 Å². The predicted molar refractivity (Wildman–Crippen MR) is 87.6 cm³/mol. The molecule has 1 fully saturated rings. The number of nitrogens with zero attached hydrogens (tertiary/aromatic N) is 5. The number of hydrogen-bond acceptors (Lipinski definition) is 5. The molecule has 0 unspecified atom stereocenters. The average Bonchev–Trinajstić information content (AvgIpc) is 3.07. The molecule has 3 heterocycles. The summed E-state index contributed by atoms with van der Waals surface area (Å²) in [5.74, 6) is 0.840. The van der Waals surface area contributed by atoms with Crippen molar-refractivity contribution in [2.24, 2.45) is 0 Å². The third-order valence-corrected chi connectivity index (χ3v) is 4.48. The van der Waals surface area contributed by atoms with Crippen LogP contribution in [-0.4, -0.2) is 36.6 Å². The van der Waals surface area contributed by atoms with Gasteiger partial charge in [-0.25, -0.2) is 9.97 Å². The molecule has 1 saturated carbocycles. The van der Waals surface area contributed by atoms with E-state index in [0.29, 0.717) is 0 Å². The fourth-order valence-electron chi connectivity index (χ4n) is 3.33. The van der Waals surface area contributed by atoms with Gasteiger partial charge in [0.15, 0.2) is 11.5 Å². The Morgan fingerprint density at radius 1 is 1.04 bits per heavy atom.